The van der Waals surface area contributed by atoms with E-state index >= 15 is 0 Å². The van der Waals surface area contributed by atoms with Gasteiger partial charge in [0, 0.05) is 5.56 Å². The van der Waals surface area contributed by atoms with Crippen molar-refractivity contribution in [2.45, 2.75) is 19.1 Å². The highest BCUT2D eigenvalue weighted by atomic mass is 35.5. The number of carbonyl (C=O) groups is 2. The fourth-order valence-electron chi connectivity index (χ4n) is 2.25. The van der Waals surface area contributed by atoms with Crippen LogP contribution in [-0.4, -0.2) is 29.9 Å². The molecule has 2 aromatic carbocycles. The first-order valence-corrected chi connectivity index (χ1v) is 10.2. The average molecular weight is 430 g/mol. The Balaban J connectivity index is 2.04. The number of hydrogen-bond acceptors (Lipinski definition) is 4. The van der Waals surface area contributed by atoms with Gasteiger partial charge in [-0.05, 0) is 42.7 Å². The standard InChI is InChI=1S/C19H18Cl2FNO3S/c1-27-9-8-17(23-18(24)14-4-2-3-5-15(14)20)19(25)26-11-12-6-7-13(22)10-16(12)21/h2-7,10,17H,8-9,11H2,1H3,(H,23,24). The fraction of sp³-hybridized carbons (Fsp3) is 0.263. The molecule has 0 spiro atoms. The van der Waals surface area contributed by atoms with Crippen molar-refractivity contribution < 1.29 is 18.7 Å². The fourth-order valence-corrected chi connectivity index (χ4v) is 3.17. The second-order valence-electron chi connectivity index (χ2n) is 5.63. The summed E-state index contributed by atoms with van der Waals surface area (Å²) in [5.74, 6) is -0.867. The summed E-state index contributed by atoms with van der Waals surface area (Å²) >= 11 is 13.5. The zero-order chi connectivity index (χ0) is 19.8. The van der Waals surface area contributed by atoms with E-state index in [1.54, 1.807) is 36.0 Å². The van der Waals surface area contributed by atoms with Gasteiger partial charge in [0.25, 0.3) is 5.91 Å². The molecule has 0 aliphatic heterocycles. The van der Waals surface area contributed by atoms with Gasteiger partial charge >= 0.3 is 5.97 Å². The van der Waals surface area contributed by atoms with Crippen molar-refractivity contribution in [1.82, 2.24) is 5.32 Å². The van der Waals surface area contributed by atoms with E-state index in [1.807, 2.05) is 6.26 Å². The van der Waals surface area contributed by atoms with Crippen LogP contribution in [0.2, 0.25) is 10.0 Å². The third-order valence-electron chi connectivity index (χ3n) is 3.70. The molecule has 144 valence electrons. The molecule has 0 saturated heterocycles. The van der Waals surface area contributed by atoms with Crippen LogP contribution in [-0.2, 0) is 16.1 Å². The van der Waals surface area contributed by atoms with Gasteiger partial charge in [-0.2, -0.15) is 11.8 Å². The highest BCUT2D eigenvalue weighted by Crippen LogP contribution is 2.19. The smallest absolute Gasteiger partial charge is 0.329 e. The van der Waals surface area contributed by atoms with Crippen LogP contribution in [0.4, 0.5) is 4.39 Å². The molecule has 0 heterocycles. The van der Waals surface area contributed by atoms with Crippen LogP contribution in [0.3, 0.4) is 0 Å². The minimum absolute atomic E-state index is 0.115. The van der Waals surface area contributed by atoms with Gasteiger partial charge in [-0.1, -0.05) is 41.4 Å². The van der Waals surface area contributed by atoms with Crippen LogP contribution in [0.15, 0.2) is 42.5 Å². The molecule has 0 aromatic heterocycles. The summed E-state index contributed by atoms with van der Waals surface area (Å²) in [6, 6.07) is 9.58. The van der Waals surface area contributed by atoms with Gasteiger partial charge in [0.1, 0.15) is 18.5 Å². The summed E-state index contributed by atoms with van der Waals surface area (Å²) in [5, 5.41) is 3.13. The molecule has 1 unspecified atom stereocenters. The molecule has 1 atom stereocenters. The number of ether oxygens (including phenoxy) is 1. The summed E-state index contributed by atoms with van der Waals surface area (Å²) < 4.78 is 18.4. The number of benzene rings is 2. The predicted molar refractivity (Wildman–Crippen MR) is 107 cm³/mol. The van der Waals surface area contributed by atoms with E-state index in [9.17, 15) is 14.0 Å². The van der Waals surface area contributed by atoms with E-state index in [-0.39, 0.29) is 17.2 Å². The van der Waals surface area contributed by atoms with Crippen molar-refractivity contribution in [3.8, 4) is 0 Å². The Kier molecular flexibility index (Phi) is 8.41. The lowest BCUT2D eigenvalue weighted by molar-refractivity contribution is -0.147. The topological polar surface area (TPSA) is 55.4 Å². The molecule has 4 nitrogen and oxygen atoms in total. The zero-order valence-corrected chi connectivity index (χ0v) is 16.8. The van der Waals surface area contributed by atoms with Crippen molar-refractivity contribution in [2.75, 3.05) is 12.0 Å². The lowest BCUT2D eigenvalue weighted by atomic mass is 10.1. The molecule has 27 heavy (non-hydrogen) atoms. The van der Waals surface area contributed by atoms with Crippen molar-refractivity contribution >= 4 is 46.8 Å². The second-order valence-corrected chi connectivity index (χ2v) is 7.43. The number of hydrogen-bond donors (Lipinski definition) is 1. The third kappa shape index (κ3) is 6.41. The maximum absolute atomic E-state index is 13.1. The second kappa shape index (κ2) is 10.5. The third-order valence-corrected chi connectivity index (χ3v) is 5.03. The van der Waals surface area contributed by atoms with Crippen LogP contribution in [0.5, 0.6) is 0 Å². The number of thioether (sulfide) groups is 1. The van der Waals surface area contributed by atoms with E-state index < -0.39 is 23.7 Å². The first-order chi connectivity index (χ1) is 12.9. The van der Waals surface area contributed by atoms with Crippen molar-refractivity contribution in [3.05, 3.63) is 69.5 Å². The van der Waals surface area contributed by atoms with Crippen LogP contribution in [0.1, 0.15) is 22.3 Å². The number of carbonyl (C=O) groups excluding carboxylic acids is 2. The number of esters is 1. The predicted octanol–water partition coefficient (Wildman–Crippen LogP) is 4.73. The Morgan fingerprint density at radius 1 is 1.19 bits per heavy atom. The van der Waals surface area contributed by atoms with Crippen LogP contribution in [0, 0.1) is 5.82 Å². The van der Waals surface area contributed by atoms with E-state index in [4.69, 9.17) is 27.9 Å². The van der Waals surface area contributed by atoms with Crippen molar-refractivity contribution in [3.63, 3.8) is 0 Å². The summed E-state index contributed by atoms with van der Waals surface area (Å²) in [6.07, 6.45) is 2.30. The molecule has 1 N–H and O–H groups in total. The van der Waals surface area contributed by atoms with E-state index in [0.29, 0.717) is 22.8 Å². The molecule has 0 bridgehead atoms. The quantitative estimate of drug-likeness (QED) is 0.616. The van der Waals surface area contributed by atoms with Gasteiger partial charge < -0.3 is 10.1 Å². The van der Waals surface area contributed by atoms with E-state index in [1.165, 1.54) is 12.1 Å². The number of nitrogens with one attached hydrogen (secondary N) is 1. The number of amides is 1. The maximum Gasteiger partial charge on any atom is 0.329 e. The van der Waals surface area contributed by atoms with Crippen molar-refractivity contribution in [1.29, 1.82) is 0 Å². The minimum Gasteiger partial charge on any atom is -0.459 e. The molecule has 0 radical (unpaired) electrons. The molecule has 0 aliphatic rings. The first kappa shape index (κ1) is 21.5. The Morgan fingerprint density at radius 2 is 1.93 bits per heavy atom. The van der Waals surface area contributed by atoms with Gasteiger partial charge in [0.05, 0.1) is 15.6 Å². The lowest BCUT2D eigenvalue weighted by Crippen LogP contribution is -2.42. The molecule has 1 amide bonds. The highest BCUT2D eigenvalue weighted by molar-refractivity contribution is 7.98. The Labute approximate surface area is 171 Å². The Bertz CT molecular complexity index is 819. The number of rotatable bonds is 8. The molecule has 8 heteroatoms. The summed E-state index contributed by atoms with van der Waals surface area (Å²) in [5.41, 5.74) is 0.759. The Morgan fingerprint density at radius 3 is 2.59 bits per heavy atom. The SMILES string of the molecule is CSCCC(NC(=O)c1ccccc1Cl)C(=O)OCc1ccc(F)cc1Cl. The number of halogens is 3. The summed E-state index contributed by atoms with van der Waals surface area (Å²) in [7, 11) is 0. The van der Waals surface area contributed by atoms with Gasteiger partial charge in [-0.3, -0.25) is 4.79 Å². The maximum atomic E-state index is 13.1. The zero-order valence-electron chi connectivity index (χ0n) is 14.5. The molecule has 0 saturated carbocycles. The average Bonchev–Trinajstić information content (AvgIpc) is 2.64. The van der Waals surface area contributed by atoms with Crippen molar-refractivity contribution in [2.24, 2.45) is 0 Å². The van der Waals surface area contributed by atoms with E-state index in [2.05, 4.69) is 5.32 Å². The largest absolute Gasteiger partial charge is 0.459 e. The monoisotopic (exact) mass is 429 g/mol. The molecular formula is C19H18Cl2FNO3S. The van der Waals surface area contributed by atoms with Crippen LogP contribution in [0.25, 0.3) is 0 Å². The minimum atomic E-state index is -0.833. The summed E-state index contributed by atoms with van der Waals surface area (Å²) in [6.45, 7) is -0.115. The van der Waals surface area contributed by atoms with Gasteiger partial charge in [0.2, 0.25) is 0 Å². The lowest BCUT2D eigenvalue weighted by Gasteiger charge is -2.18. The van der Waals surface area contributed by atoms with Gasteiger partial charge in [-0.25, -0.2) is 9.18 Å². The van der Waals surface area contributed by atoms with Gasteiger partial charge in [0.15, 0.2) is 0 Å². The van der Waals surface area contributed by atoms with Crippen LogP contribution >= 0.6 is 35.0 Å². The summed E-state index contributed by atoms with van der Waals surface area (Å²) in [4.78, 5) is 24.9. The first-order valence-electron chi connectivity index (χ1n) is 8.07. The molecule has 2 rings (SSSR count). The van der Waals surface area contributed by atoms with Crippen LogP contribution < -0.4 is 5.32 Å². The van der Waals surface area contributed by atoms with Gasteiger partial charge in [-0.15, -0.1) is 0 Å². The van der Waals surface area contributed by atoms with E-state index in [0.717, 1.165) is 6.07 Å². The molecular weight excluding hydrogens is 412 g/mol. The Hall–Kier alpha value is -1.76. The highest BCUT2D eigenvalue weighted by Gasteiger charge is 2.23. The molecule has 2 aromatic rings. The normalized spacial score (nSPS) is 11.7. The molecule has 0 aliphatic carbocycles. The molecule has 0 fully saturated rings.